The van der Waals surface area contributed by atoms with Crippen LogP contribution in [0, 0.1) is 0 Å². The van der Waals surface area contributed by atoms with Crippen molar-refractivity contribution in [3.8, 4) is 0 Å². The number of hydrogen-bond acceptors (Lipinski definition) is 2. The first-order valence-electron chi connectivity index (χ1n) is 6.51. The van der Waals surface area contributed by atoms with Crippen LogP contribution in [0.25, 0.3) is 0 Å². The zero-order valence-electron chi connectivity index (χ0n) is 10.6. The van der Waals surface area contributed by atoms with E-state index < -0.39 is 12.0 Å². The number of nitrogens with zero attached hydrogens (tertiary/aromatic N) is 1. The molecule has 1 fully saturated rings. The first kappa shape index (κ1) is 14.8. The van der Waals surface area contributed by atoms with Gasteiger partial charge in [0.15, 0.2) is 0 Å². The molecule has 0 bridgehead atoms. The molecule has 1 atom stereocenters. The number of carboxylic acids is 1. The van der Waals surface area contributed by atoms with Gasteiger partial charge in [0.2, 0.25) is 0 Å². The van der Waals surface area contributed by atoms with Crippen molar-refractivity contribution in [3.63, 3.8) is 0 Å². The molecular formula is C14H17BrClNO2. The first-order valence-corrected chi connectivity index (χ1v) is 7.68. The van der Waals surface area contributed by atoms with Crippen molar-refractivity contribution in [3.05, 3.63) is 33.3 Å². The second-order valence-corrected chi connectivity index (χ2v) is 6.13. The summed E-state index contributed by atoms with van der Waals surface area (Å²) in [6.07, 6.45) is 4.51. The Morgan fingerprint density at radius 2 is 1.89 bits per heavy atom. The Balaban J connectivity index is 2.27. The highest BCUT2D eigenvalue weighted by molar-refractivity contribution is 9.10. The van der Waals surface area contributed by atoms with Crippen LogP contribution >= 0.6 is 27.5 Å². The Labute approximate surface area is 126 Å². The maximum absolute atomic E-state index is 11.6. The standard InChI is InChI=1S/C14H17BrClNO2/c15-11-9-10(5-6-12(11)16)13(14(18)19)17-7-3-1-2-4-8-17/h5-6,9,13H,1-4,7-8H2,(H,18,19). The SMILES string of the molecule is O=C(O)C(c1ccc(Cl)c(Br)c1)N1CCCCCC1. The fourth-order valence-corrected chi connectivity index (χ4v) is 3.06. The predicted octanol–water partition coefficient (Wildman–Crippen LogP) is 4.10. The fraction of sp³-hybridized carbons (Fsp3) is 0.500. The summed E-state index contributed by atoms with van der Waals surface area (Å²) >= 11 is 9.33. The number of rotatable bonds is 3. The maximum Gasteiger partial charge on any atom is 0.325 e. The molecule has 1 aliphatic heterocycles. The molecule has 0 aromatic heterocycles. The van der Waals surface area contributed by atoms with E-state index in [2.05, 4.69) is 20.8 Å². The van der Waals surface area contributed by atoms with E-state index in [0.29, 0.717) is 5.02 Å². The van der Waals surface area contributed by atoms with Gasteiger partial charge in [-0.05, 0) is 59.6 Å². The molecule has 1 heterocycles. The highest BCUT2D eigenvalue weighted by Crippen LogP contribution is 2.30. The molecule has 0 amide bonds. The molecule has 0 aliphatic carbocycles. The Hall–Kier alpha value is -0.580. The van der Waals surface area contributed by atoms with Gasteiger partial charge >= 0.3 is 5.97 Å². The molecule has 0 saturated carbocycles. The van der Waals surface area contributed by atoms with Crippen LogP contribution in [0.3, 0.4) is 0 Å². The Morgan fingerprint density at radius 3 is 2.42 bits per heavy atom. The van der Waals surface area contributed by atoms with Crippen LogP contribution in [0.4, 0.5) is 0 Å². The zero-order valence-corrected chi connectivity index (χ0v) is 13.0. The largest absolute Gasteiger partial charge is 0.480 e. The minimum atomic E-state index is -0.795. The zero-order chi connectivity index (χ0) is 13.8. The van der Waals surface area contributed by atoms with Crippen molar-refractivity contribution in [2.24, 2.45) is 0 Å². The number of likely N-dealkylation sites (tertiary alicyclic amines) is 1. The quantitative estimate of drug-likeness (QED) is 0.895. The third-order valence-electron chi connectivity index (χ3n) is 3.50. The lowest BCUT2D eigenvalue weighted by atomic mass is 10.1. The number of carbonyl (C=O) groups is 1. The smallest absolute Gasteiger partial charge is 0.325 e. The first-order chi connectivity index (χ1) is 9.09. The lowest BCUT2D eigenvalue weighted by Crippen LogP contribution is -2.34. The third-order valence-corrected chi connectivity index (χ3v) is 4.71. The Kier molecular flexibility index (Phi) is 5.25. The normalized spacial score (nSPS) is 18.8. The van der Waals surface area contributed by atoms with E-state index in [1.54, 1.807) is 12.1 Å². The monoisotopic (exact) mass is 345 g/mol. The predicted molar refractivity (Wildman–Crippen MR) is 79.6 cm³/mol. The van der Waals surface area contributed by atoms with Crippen molar-refractivity contribution >= 4 is 33.5 Å². The van der Waals surface area contributed by atoms with E-state index in [0.717, 1.165) is 36.0 Å². The van der Waals surface area contributed by atoms with E-state index >= 15 is 0 Å². The lowest BCUT2D eigenvalue weighted by molar-refractivity contribution is -0.143. The molecule has 1 aromatic carbocycles. The van der Waals surface area contributed by atoms with Gasteiger partial charge in [-0.3, -0.25) is 9.69 Å². The van der Waals surface area contributed by atoms with Crippen LogP contribution in [-0.2, 0) is 4.79 Å². The maximum atomic E-state index is 11.6. The van der Waals surface area contributed by atoms with Crippen molar-refractivity contribution in [2.75, 3.05) is 13.1 Å². The number of hydrogen-bond donors (Lipinski definition) is 1. The molecule has 0 spiro atoms. The molecule has 5 heteroatoms. The number of aliphatic carboxylic acids is 1. The molecular weight excluding hydrogens is 330 g/mol. The third kappa shape index (κ3) is 3.71. The second-order valence-electron chi connectivity index (χ2n) is 4.86. The molecule has 104 valence electrons. The van der Waals surface area contributed by atoms with E-state index in [-0.39, 0.29) is 0 Å². The second kappa shape index (κ2) is 6.73. The minimum absolute atomic E-state index is 0.577. The van der Waals surface area contributed by atoms with Crippen LogP contribution < -0.4 is 0 Å². The summed E-state index contributed by atoms with van der Waals surface area (Å²) in [6, 6.07) is 4.78. The van der Waals surface area contributed by atoms with Gasteiger partial charge in [-0.15, -0.1) is 0 Å². The number of halogens is 2. The molecule has 1 unspecified atom stereocenters. The highest BCUT2D eigenvalue weighted by atomic mass is 79.9. The minimum Gasteiger partial charge on any atom is -0.480 e. The average Bonchev–Trinajstić information content (AvgIpc) is 2.62. The summed E-state index contributed by atoms with van der Waals surface area (Å²) in [5.41, 5.74) is 0.783. The molecule has 1 aromatic rings. The van der Waals surface area contributed by atoms with Gasteiger partial charge in [-0.2, -0.15) is 0 Å². The summed E-state index contributed by atoms with van der Waals surface area (Å²) in [4.78, 5) is 13.7. The van der Waals surface area contributed by atoms with Crippen LogP contribution in [0.1, 0.15) is 37.3 Å². The van der Waals surface area contributed by atoms with E-state index in [1.165, 1.54) is 12.8 Å². The Bertz CT molecular complexity index is 459. The van der Waals surface area contributed by atoms with Crippen LogP contribution in [0.2, 0.25) is 5.02 Å². The molecule has 1 aliphatic rings. The number of benzene rings is 1. The van der Waals surface area contributed by atoms with E-state index in [1.807, 2.05) is 6.07 Å². The van der Waals surface area contributed by atoms with Gasteiger partial charge in [0.25, 0.3) is 0 Å². The van der Waals surface area contributed by atoms with E-state index in [9.17, 15) is 9.90 Å². The van der Waals surface area contributed by atoms with Gasteiger partial charge < -0.3 is 5.11 Å². The topological polar surface area (TPSA) is 40.5 Å². The molecule has 1 N–H and O–H groups in total. The molecule has 1 saturated heterocycles. The fourth-order valence-electron chi connectivity index (χ4n) is 2.55. The molecule has 2 rings (SSSR count). The van der Waals surface area contributed by atoms with Crippen molar-refractivity contribution in [1.29, 1.82) is 0 Å². The van der Waals surface area contributed by atoms with Gasteiger partial charge in [-0.25, -0.2) is 0 Å². The molecule has 0 radical (unpaired) electrons. The summed E-state index contributed by atoms with van der Waals surface area (Å²) in [7, 11) is 0. The van der Waals surface area contributed by atoms with Crippen LogP contribution in [0.5, 0.6) is 0 Å². The van der Waals surface area contributed by atoms with E-state index in [4.69, 9.17) is 11.6 Å². The van der Waals surface area contributed by atoms with Crippen LogP contribution in [-0.4, -0.2) is 29.1 Å². The Morgan fingerprint density at radius 1 is 1.26 bits per heavy atom. The van der Waals surface area contributed by atoms with Crippen molar-refractivity contribution < 1.29 is 9.90 Å². The van der Waals surface area contributed by atoms with Gasteiger partial charge in [0.05, 0.1) is 5.02 Å². The molecule has 3 nitrogen and oxygen atoms in total. The summed E-state index contributed by atoms with van der Waals surface area (Å²) in [5, 5.41) is 10.1. The lowest BCUT2D eigenvalue weighted by Gasteiger charge is -2.27. The number of carboxylic acid groups (broad SMARTS) is 1. The van der Waals surface area contributed by atoms with Crippen molar-refractivity contribution in [2.45, 2.75) is 31.7 Å². The highest BCUT2D eigenvalue weighted by Gasteiger charge is 2.28. The molecule has 19 heavy (non-hydrogen) atoms. The van der Waals surface area contributed by atoms with Gasteiger partial charge in [0.1, 0.15) is 6.04 Å². The van der Waals surface area contributed by atoms with Crippen LogP contribution in [0.15, 0.2) is 22.7 Å². The summed E-state index contributed by atoms with van der Waals surface area (Å²) in [6.45, 7) is 1.69. The van der Waals surface area contributed by atoms with Crippen molar-refractivity contribution in [1.82, 2.24) is 4.90 Å². The van der Waals surface area contributed by atoms with Gasteiger partial charge in [-0.1, -0.05) is 30.5 Å². The summed E-state index contributed by atoms with van der Waals surface area (Å²) < 4.78 is 0.743. The average molecular weight is 347 g/mol. The van der Waals surface area contributed by atoms with Gasteiger partial charge in [0, 0.05) is 4.47 Å². The summed E-state index contributed by atoms with van der Waals surface area (Å²) in [5.74, 6) is -0.795.